The van der Waals surface area contributed by atoms with Crippen LogP contribution in [0.1, 0.15) is 52.4 Å². The van der Waals surface area contributed by atoms with E-state index in [1.54, 1.807) is 0 Å². The maximum Gasteiger partial charge on any atom is 0.534 e. The van der Waals surface area contributed by atoms with Crippen LogP contribution in [0.25, 0.3) is 0 Å². The summed E-state index contributed by atoms with van der Waals surface area (Å²) < 4.78 is 66.3. The number of hydrogen-bond donors (Lipinski definition) is 0. The molecule has 0 bridgehead atoms. The first-order chi connectivity index (χ1) is 13.4. The third-order valence-corrected chi connectivity index (χ3v) is 8.79. The molecule has 2 aliphatic carbocycles. The predicted molar refractivity (Wildman–Crippen MR) is 99.7 cm³/mol. The van der Waals surface area contributed by atoms with E-state index in [-0.39, 0.29) is 35.0 Å². The summed E-state index contributed by atoms with van der Waals surface area (Å²) in [6, 6.07) is 0. The van der Waals surface area contributed by atoms with Crippen molar-refractivity contribution in [3.63, 3.8) is 0 Å². The maximum absolute atomic E-state index is 12.8. The summed E-state index contributed by atoms with van der Waals surface area (Å²) in [4.78, 5) is 14.6. The number of fused-ring (bicyclic) bond motifs is 5. The highest BCUT2D eigenvalue weighted by Crippen LogP contribution is 2.62. The quantitative estimate of drug-likeness (QED) is 0.373. The average Bonchev–Trinajstić information content (AvgIpc) is 2.85. The lowest BCUT2D eigenvalue weighted by atomic mass is 9.53. The number of allylic oxidation sites excluding steroid dienone is 2. The molecule has 5 atom stereocenters. The van der Waals surface area contributed by atoms with Crippen molar-refractivity contribution in [1.29, 1.82) is 0 Å². The molecule has 29 heavy (non-hydrogen) atoms. The van der Waals surface area contributed by atoms with Crippen LogP contribution in [0.5, 0.6) is 0 Å². The fourth-order valence-corrected chi connectivity index (χ4v) is 6.90. The molecule has 1 saturated heterocycles. The minimum Gasteiger partial charge on any atom is -0.380 e. The van der Waals surface area contributed by atoms with Gasteiger partial charge in [0.25, 0.3) is 0 Å². The summed E-state index contributed by atoms with van der Waals surface area (Å²) in [6.07, 6.45) is 9.22. The number of nitrogens with zero attached hydrogens (tertiary/aromatic N) is 1. The van der Waals surface area contributed by atoms with Gasteiger partial charge in [-0.05, 0) is 62.9 Å². The van der Waals surface area contributed by atoms with Crippen LogP contribution in [-0.4, -0.2) is 36.8 Å². The first-order valence-corrected chi connectivity index (χ1v) is 11.5. The molecule has 2 heterocycles. The normalized spacial score (nSPS) is 39.9. The van der Waals surface area contributed by atoms with Crippen molar-refractivity contribution in [2.24, 2.45) is 23.2 Å². The van der Waals surface area contributed by atoms with Gasteiger partial charge in [-0.3, -0.25) is 4.79 Å². The lowest BCUT2D eigenvalue weighted by molar-refractivity contribution is -0.150. The molecular weight excluding hydrogens is 407 g/mol. The van der Waals surface area contributed by atoms with E-state index in [9.17, 15) is 26.4 Å². The zero-order chi connectivity index (χ0) is 21.2. The Morgan fingerprint density at radius 3 is 2.59 bits per heavy atom. The second-order valence-electron chi connectivity index (χ2n) is 9.19. The minimum atomic E-state index is -5.67. The number of halogens is 3. The van der Waals surface area contributed by atoms with E-state index in [2.05, 4.69) is 17.2 Å². The second-order valence-corrected chi connectivity index (χ2v) is 10.7. The molecule has 2 fully saturated rings. The second kappa shape index (κ2) is 6.49. The Hall–Kier alpha value is -1.51. The molecule has 1 amide bonds. The Morgan fingerprint density at radius 1 is 1.17 bits per heavy atom. The van der Waals surface area contributed by atoms with Gasteiger partial charge in [0.2, 0.25) is 5.91 Å². The SMILES string of the molecule is C[C@]12CCC3[C@@H](CCN4C(=O)CC=CC[C@]34C)[C@@H]1CC=C2OS(=O)(=O)C(F)(F)F. The first-order valence-electron chi connectivity index (χ1n) is 10.1. The van der Waals surface area contributed by atoms with Gasteiger partial charge < -0.3 is 9.08 Å². The molecule has 9 heteroatoms. The molecule has 0 spiro atoms. The smallest absolute Gasteiger partial charge is 0.380 e. The van der Waals surface area contributed by atoms with Gasteiger partial charge >= 0.3 is 15.6 Å². The molecule has 1 unspecified atom stereocenters. The van der Waals surface area contributed by atoms with Crippen molar-refractivity contribution in [2.45, 2.75) is 63.4 Å². The van der Waals surface area contributed by atoms with Crippen LogP contribution in [0, 0.1) is 23.2 Å². The Bertz CT molecular complexity index is 881. The molecule has 0 aromatic carbocycles. The maximum atomic E-state index is 12.8. The van der Waals surface area contributed by atoms with E-state index in [4.69, 9.17) is 0 Å². The highest BCUT2D eigenvalue weighted by atomic mass is 32.2. The summed E-state index contributed by atoms with van der Waals surface area (Å²) in [5, 5.41) is 0. The lowest BCUT2D eigenvalue weighted by Crippen LogP contribution is -2.62. The summed E-state index contributed by atoms with van der Waals surface area (Å²) in [7, 11) is -5.67. The topological polar surface area (TPSA) is 63.7 Å². The van der Waals surface area contributed by atoms with Gasteiger partial charge in [0.05, 0.1) is 0 Å². The number of piperidine rings is 1. The molecular formula is C20H26F3NO4S. The highest BCUT2D eigenvalue weighted by Gasteiger charge is 2.60. The number of carbonyl (C=O) groups excluding carboxylic acids is 1. The van der Waals surface area contributed by atoms with Crippen molar-refractivity contribution in [2.75, 3.05) is 6.54 Å². The lowest BCUT2D eigenvalue weighted by Gasteiger charge is -2.59. The fraction of sp³-hybridized carbons (Fsp3) is 0.750. The Labute approximate surface area is 169 Å². The van der Waals surface area contributed by atoms with E-state index in [1.165, 1.54) is 6.08 Å². The van der Waals surface area contributed by atoms with Crippen LogP contribution in [0.15, 0.2) is 24.0 Å². The van der Waals surface area contributed by atoms with Crippen LogP contribution < -0.4 is 0 Å². The van der Waals surface area contributed by atoms with Crippen LogP contribution in [0.3, 0.4) is 0 Å². The highest BCUT2D eigenvalue weighted by molar-refractivity contribution is 7.87. The molecule has 0 aromatic heterocycles. The van der Waals surface area contributed by atoms with Gasteiger partial charge in [-0.1, -0.05) is 19.1 Å². The standard InChI is InChI=1S/C20H26F3NO4S/c1-18-11-8-15-13(9-12-24-17(25)5-3-4-10-19(15,24)2)14(18)6-7-16(18)28-29(26,27)20(21,22)23/h3-4,7,13-15H,5-6,8-12H2,1-2H3/t13-,14-,15?,18-,19+/m0/s1. The number of rotatable bonds is 2. The summed E-state index contributed by atoms with van der Waals surface area (Å²) in [6.45, 7) is 4.57. The summed E-state index contributed by atoms with van der Waals surface area (Å²) in [5.74, 6) is 0.509. The van der Waals surface area contributed by atoms with Gasteiger partial charge in [0.1, 0.15) is 5.76 Å². The van der Waals surface area contributed by atoms with Gasteiger partial charge in [0, 0.05) is 23.9 Å². The van der Waals surface area contributed by atoms with Crippen molar-refractivity contribution >= 4 is 16.0 Å². The summed E-state index contributed by atoms with van der Waals surface area (Å²) >= 11 is 0. The van der Waals surface area contributed by atoms with Gasteiger partial charge in [-0.25, -0.2) is 0 Å². The van der Waals surface area contributed by atoms with Crippen LogP contribution in [0.4, 0.5) is 13.2 Å². The van der Waals surface area contributed by atoms with E-state index in [0.29, 0.717) is 25.8 Å². The van der Waals surface area contributed by atoms with E-state index in [0.717, 1.165) is 19.3 Å². The Kier molecular flexibility index (Phi) is 4.65. The molecule has 5 nitrogen and oxygen atoms in total. The predicted octanol–water partition coefficient (Wildman–Crippen LogP) is 4.13. The molecule has 4 aliphatic rings. The Balaban J connectivity index is 1.60. The molecule has 0 radical (unpaired) electrons. The molecule has 0 N–H and O–H groups in total. The number of hydrogen-bond acceptors (Lipinski definition) is 4. The van der Waals surface area contributed by atoms with Gasteiger partial charge in [0.15, 0.2) is 0 Å². The van der Waals surface area contributed by atoms with E-state index in [1.807, 2.05) is 17.9 Å². The van der Waals surface area contributed by atoms with Gasteiger partial charge in [-0.15, -0.1) is 0 Å². The third kappa shape index (κ3) is 3.02. The molecule has 162 valence electrons. The van der Waals surface area contributed by atoms with Crippen molar-refractivity contribution in [3.05, 3.63) is 24.0 Å². The zero-order valence-electron chi connectivity index (χ0n) is 16.5. The summed E-state index contributed by atoms with van der Waals surface area (Å²) in [5.41, 5.74) is -6.48. The third-order valence-electron chi connectivity index (χ3n) is 7.82. The largest absolute Gasteiger partial charge is 0.534 e. The number of carbonyl (C=O) groups is 1. The molecule has 0 aromatic rings. The number of alkyl halides is 3. The fourth-order valence-electron chi connectivity index (χ4n) is 6.31. The van der Waals surface area contributed by atoms with E-state index >= 15 is 0 Å². The van der Waals surface area contributed by atoms with E-state index < -0.39 is 21.0 Å². The first kappa shape index (κ1) is 20.8. The zero-order valence-corrected chi connectivity index (χ0v) is 17.4. The molecule has 4 rings (SSSR count). The van der Waals surface area contributed by atoms with Crippen LogP contribution in [0.2, 0.25) is 0 Å². The molecule has 2 aliphatic heterocycles. The van der Waals surface area contributed by atoms with Crippen molar-refractivity contribution in [1.82, 2.24) is 4.90 Å². The van der Waals surface area contributed by atoms with Gasteiger partial charge in [-0.2, -0.15) is 21.6 Å². The van der Waals surface area contributed by atoms with Crippen molar-refractivity contribution in [3.8, 4) is 0 Å². The Morgan fingerprint density at radius 2 is 1.90 bits per heavy atom. The number of amides is 1. The van der Waals surface area contributed by atoms with Crippen molar-refractivity contribution < 1.29 is 30.6 Å². The molecule has 1 saturated carbocycles. The van der Waals surface area contributed by atoms with Crippen LogP contribution in [-0.2, 0) is 19.1 Å². The minimum absolute atomic E-state index is 0.0148. The van der Waals surface area contributed by atoms with Crippen LogP contribution >= 0.6 is 0 Å². The average molecular weight is 433 g/mol. The monoisotopic (exact) mass is 433 g/mol.